The second-order valence-corrected chi connectivity index (χ2v) is 15.5. The Morgan fingerprint density at radius 3 is 2.68 bits per heavy atom. The van der Waals surface area contributed by atoms with Gasteiger partial charge in [0.1, 0.15) is 41.0 Å². The number of nitrogens with two attached hydrogens (primary N) is 1. The number of hydrogen-bond acceptors (Lipinski definition) is 10. The first-order chi connectivity index (χ1) is 22.1. The van der Waals surface area contributed by atoms with Gasteiger partial charge in [-0.3, -0.25) is 4.90 Å². The van der Waals surface area contributed by atoms with Crippen LogP contribution in [0.3, 0.4) is 0 Å². The van der Waals surface area contributed by atoms with E-state index in [1.807, 2.05) is 4.90 Å². The molecule has 17 heteroatoms. The quantitative estimate of drug-likeness (QED) is 0.262. The highest BCUT2D eigenvalue weighted by molar-refractivity contribution is 7.92. The first-order valence-electron chi connectivity index (χ1n) is 14.6. The van der Waals surface area contributed by atoms with Gasteiger partial charge in [0.25, 0.3) is 0 Å². The molecule has 2 atom stereocenters. The molecule has 0 bridgehead atoms. The molecule has 4 aromatic rings. The zero-order valence-electron chi connectivity index (χ0n) is 24.7. The van der Waals surface area contributed by atoms with Gasteiger partial charge in [-0.1, -0.05) is 6.07 Å². The number of nitrogens with zero attached hydrogens (tertiary/aromatic N) is 5. The van der Waals surface area contributed by atoms with Gasteiger partial charge in [0.15, 0.2) is 15.7 Å². The molecule has 0 amide bonds. The highest BCUT2D eigenvalue weighted by atomic mass is 32.2. The number of ether oxygens (including phenoxy) is 1. The highest BCUT2D eigenvalue weighted by Gasteiger charge is 2.49. The van der Waals surface area contributed by atoms with Crippen molar-refractivity contribution in [1.82, 2.24) is 14.9 Å². The predicted molar refractivity (Wildman–Crippen MR) is 164 cm³/mol. The second kappa shape index (κ2) is 10.8. The second-order valence-electron chi connectivity index (χ2n) is 12.3. The van der Waals surface area contributed by atoms with E-state index in [1.165, 1.54) is 11.9 Å². The molecule has 3 saturated heterocycles. The number of rotatable bonds is 6. The SMILES string of the molecule is CN(c1nc(OC[C@@]23CCCN2C[C@H](F)C3)nc2c(F)c(-c3ccc(F)c4sc(N)c(C#N)c34)c(C(F)(F)F)cc12)C1CS(=O)(=O)C1. The van der Waals surface area contributed by atoms with E-state index in [4.69, 9.17) is 10.5 Å². The van der Waals surface area contributed by atoms with Crippen LogP contribution in [-0.2, 0) is 16.0 Å². The van der Waals surface area contributed by atoms with Crippen LogP contribution in [0.4, 0.5) is 37.2 Å². The Morgan fingerprint density at radius 1 is 1.26 bits per heavy atom. The van der Waals surface area contributed by atoms with Crippen molar-refractivity contribution in [3.8, 4) is 23.2 Å². The van der Waals surface area contributed by atoms with Gasteiger partial charge in [0, 0.05) is 36.3 Å². The molecule has 0 spiro atoms. The zero-order chi connectivity index (χ0) is 33.6. The largest absolute Gasteiger partial charge is 0.461 e. The first-order valence-corrected chi connectivity index (χ1v) is 17.2. The van der Waals surface area contributed by atoms with Crippen molar-refractivity contribution in [3.05, 3.63) is 41.0 Å². The molecule has 2 aromatic carbocycles. The number of hydrogen-bond donors (Lipinski definition) is 1. The van der Waals surface area contributed by atoms with Crippen molar-refractivity contribution in [1.29, 1.82) is 5.26 Å². The van der Waals surface area contributed by atoms with E-state index >= 15 is 4.39 Å². The molecule has 248 valence electrons. The number of anilines is 2. The van der Waals surface area contributed by atoms with Crippen molar-refractivity contribution in [2.75, 3.05) is 48.9 Å². The summed E-state index contributed by atoms with van der Waals surface area (Å²) in [5, 5.41) is 8.95. The number of alkyl halides is 4. The predicted octanol–water partition coefficient (Wildman–Crippen LogP) is 5.45. The molecular weight excluding hydrogens is 670 g/mol. The van der Waals surface area contributed by atoms with Crippen LogP contribution in [0.5, 0.6) is 6.01 Å². The third-order valence-corrected chi connectivity index (χ3v) is 12.2. The molecular formula is C30H26F6N6O3S2. The van der Waals surface area contributed by atoms with Gasteiger partial charge >= 0.3 is 12.2 Å². The third kappa shape index (κ3) is 5.12. The average Bonchev–Trinajstić information content (AvgIpc) is 3.63. The Hall–Kier alpha value is -3.88. The van der Waals surface area contributed by atoms with Crippen LogP contribution in [0.2, 0.25) is 0 Å². The maximum atomic E-state index is 16.8. The Bertz CT molecular complexity index is 2110. The molecule has 0 saturated carbocycles. The standard InChI is InChI=1S/C30H26F6N6O3S2/c1-41(15-11-47(43,44)12-15)27-17-7-19(30(34,35)36)22(16-3-4-20(32)25-21(16)18(9-37)26(38)46-25)23(33)24(17)39-28(40-27)45-13-29-5-2-6-42(29)10-14(31)8-29/h3-4,7,14-15H,2,5-6,8,10-13,38H2,1H3/t14-,29+/m1/s1. The fourth-order valence-corrected chi connectivity index (χ4v) is 9.57. The zero-order valence-corrected chi connectivity index (χ0v) is 26.3. The molecule has 7 rings (SSSR count). The molecule has 2 N–H and O–H groups in total. The fraction of sp³-hybridized carbons (Fsp3) is 0.433. The number of aromatic nitrogens is 2. The minimum Gasteiger partial charge on any atom is -0.461 e. The van der Waals surface area contributed by atoms with Gasteiger partial charge < -0.3 is 15.4 Å². The van der Waals surface area contributed by atoms with Gasteiger partial charge in [-0.15, -0.1) is 11.3 Å². The van der Waals surface area contributed by atoms with Crippen LogP contribution in [-0.4, -0.2) is 79.3 Å². The number of benzene rings is 2. The topological polar surface area (TPSA) is 125 Å². The van der Waals surface area contributed by atoms with Crippen LogP contribution in [0.1, 0.15) is 30.4 Å². The van der Waals surface area contributed by atoms with Crippen LogP contribution >= 0.6 is 11.3 Å². The van der Waals surface area contributed by atoms with Crippen LogP contribution in [0.15, 0.2) is 18.2 Å². The molecule has 9 nitrogen and oxygen atoms in total. The van der Waals surface area contributed by atoms with Gasteiger partial charge in [0.2, 0.25) is 0 Å². The summed E-state index contributed by atoms with van der Waals surface area (Å²) < 4.78 is 120. The van der Waals surface area contributed by atoms with E-state index in [9.17, 15) is 35.6 Å². The highest BCUT2D eigenvalue weighted by Crippen LogP contribution is 2.48. The van der Waals surface area contributed by atoms with Crippen molar-refractivity contribution >= 4 is 53.0 Å². The number of nitriles is 1. The minimum atomic E-state index is -5.15. The number of nitrogen functional groups attached to an aromatic ring is 1. The smallest absolute Gasteiger partial charge is 0.417 e. The summed E-state index contributed by atoms with van der Waals surface area (Å²) >= 11 is 0.653. The van der Waals surface area contributed by atoms with Crippen LogP contribution in [0.25, 0.3) is 32.1 Å². The van der Waals surface area contributed by atoms with Gasteiger partial charge in [-0.25, -0.2) is 21.6 Å². The number of fused-ring (bicyclic) bond motifs is 3. The summed E-state index contributed by atoms with van der Waals surface area (Å²) in [4.78, 5) is 11.9. The van der Waals surface area contributed by atoms with Crippen molar-refractivity contribution in [3.63, 3.8) is 0 Å². The van der Waals surface area contributed by atoms with Crippen molar-refractivity contribution in [2.24, 2.45) is 0 Å². The Labute approximate surface area is 268 Å². The molecule has 0 aliphatic carbocycles. The molecule has 3 aliphatic rings. The lowest BCUT2D eigenvalue weighted by atomic mass is 9.92. The summed E-state index contributed by atoms with van der Waals surface area (Å²) in [5.41, 5.74) is 1.54. The minimum absolute atomic E-state index is 0.0622. The molecule has 3 fully saturated rings. The van der Waals surface area contributed by atoms with E-state index in [0.717, 1.165) is 18.6 Å². The molecule has 5 heterocycles. The number of sulfone groups is 1. The Morgan fingerprint density at radius 2 is 2.00 bits per heavy atom. The Kier molecular flexibility index (Phi) is 7.30. The average molecular weight is 697 g/mol. The summed E-state index contributed by atoms with van der Waals surface area (Å²) in [5.74, 6) is -3.07. The van der Waals surface area contributed by atoms with Gasteiger partial charge in [-0.05, 0) is 37.1 Å². The number of thiophene rings is 1. The summed E-state index contributed by atoms with van der Waals surface area (Å²) in [7, 11) is -1.94. The summed E-state index contributed by atoms with van der Waals surface area (Å²) in [6.45, 7) is 0.829. The number of halogens is 6. The van der Waals surface area contributed by atoms with Crippen molar-refractivity contribution in [2.45, 2.75) is 43.2 Å². The maximum Gasteiger partial charge on any atom is 0.417 e. The summed E-state index contributed by atoms with van der Waals surface area (Å²) in [6, 6.07) is 3.21. The van der Waals surface area contributed by atoms with E-state index in [0.29, 0.717) is 30.4 Å². The normalized spacial score (nSPS) is 22.8. The van der Waals surface area contributed by atoms with E-state index in [1.54, 1.807) is 6.07 Å². The molecule has 3 aliphatic heterocycles. The molecule has 47 heavy (non-hydrogen) atoms. The third-order valence-electron chi connectivity index (χ3n) is 9.40. The van der Waals surface area contributed by atoms with Crippen LogP contribution in [0, 0.1) is 23.0 Å². The molecule has 2 aromatic heterocycles. The summed E-state index contributed by atoms with van der Waals surface area (Å²) in [6.07, 6.45) is -4.59. The fourth-order valence-electron chi connectivity index (χ4n) is 7.10. The van der Waals surface area contributed by atoms with E-state index in [-0.39, 0.29) is 62.9 Å². The Balaban J connectivity index is 1.45. The lowest BCUT2D eigenvalue weighted by Crippen LogP contribution is -2.52. The van der Waals surface area contributed by atoms with E-state index in [2.05, 4.69) is 9.97 Å². The van der Waals surface area contributed by atoms with E-state index < -0.39 is 73.6 Å². The van der Waals surface area contributed by atoms with Gasteiger partial charge in [0.05, 0.1) is 38.9 Å². The van der Waals surface area contributed by atoms with Gasteiger partial charge in [-0.2, -0.15) is 28.4 Å². The lowest BCUT2D eigenvalue weighted by molar-refractivity contribution is -0.137. The van der Waals surface area contributed by atoms with Crippen LogP contribution < -0.4 is 15.4 Å². The monoisotopic (exact) mass is 696 g/mol. The molecule has 0 radical (unpaired) electrons. The molecule has 0 unspecified atom stereocenters. The van der Waals surface area contributed by atoms with Crippen molar-refractivity contribution < 1.29 is 39.5 Å². The maximum absolute atomic E-state index is 16.8. The lowest BCUT2D eigenvalue weighted by Gasteiger charge is -2.36. The first kappa shape index (κ1) is 31.7.